The molecule has 0 saturated heterocycles. The second kappa shape index (κ2) is 5.60. The molecule has 0 amide bonds. The molecule has 0 bridgehead atoms. The maximum absolute atomic E-state index is 12.8. The molecule has 0 N–H and O–H groups in total. The average Bonchev–Trinajstić information content (AvgIpc) is 3.22. The average molecular weight is 314 g/mol. The van der Waals surface area contributed by atoms with Crippen LogP contribution in [0.1, 0.15) is 5.89 Å². The van der Waals surface area contributed by atoms with Crippen molar-refractivity contribution >= 4 is 0 Å². The zero-order valence-corrected chi connectivity index (χ0v) is 11.9. The maximum atomic E-state index is 12.8. The van der Waals surface area contributed by atoms with Crippen LogP contribution in [0.4, 0.5) is 4.39 Å². The molecule has 2 aromatic carbocycles. The molecule has 0 saturated carbocycles. The van der Waals surface area contributed by atoms with Gasteiger partial charge in [0.05, 0.1) is 0 Å². The van der Waals surface area contributed by atoms with E-state index in [4.69, 9.17) is 18.7 Å². The molecule has 6 nitrogen and oxygen atoms in total. The minimum atomic E-state index is -0.319. The summed E-state index contributed by atoms with van der Waals surface area (Å²) in [7, 11) is 0. The van der Waals surface area contributed by atoms with E-state index in [1.54, 1.807) is 12.1 Å². The predicted octanol–water partition coefficient (Wildman–Crippen LogP) is 3.18. The molecule has 2 heterocycles. The third-order valence-corrected chi connectivity index (χ3v) is 3.27. The molecule has 0 radical (unpaired) electrons. The summed E-state index contributed by atoms with van der Waals surface area (Å²) >= 11 is 0. The number of aromatic nitrogens is 2. The van der Waals surface area contributed by atoms with Gasteiger partial charge in [0.2, 0.25) is 12.6 Å². The topological polar surface area (TPSA) is 66.6 Å². The van der Waals surface area contributed by atoms with Crippen LogP contribution in [0.2, 0.25) is 0 Å². The number of hydrogen-bond donors (Lipinski definition) is 0. The van der Waals surface area contributed by atoms with E-state index in [0.29, 0.717) is 29.0 Å². The van der Waals surface area contributed by atoms with Crippen LogP contribution in [0.5, 0.6) is 17.2 Å². The molecular formula is C16H11FN2O4. The van der Waals surface area contributed by atoms with Gasteiger partial charge in [-0.2, -0.15) is 4.98 Å². The molecule has 1 aliphatic rings. The zero-order chi connectivity index (χ0) is 15.6. The molecule has 4 rings (SSSR count). The lowest BCUT2D eigenvalue weighted by Crippen LogP contribution is -1.95. The van der Waals surface area contributed by atoms with Gasteiger partial charge in [-0.25, -0.2) is 4.39 Å². The normalized spacial score (nSPS) is 12.4. The number of nitrogens with zero attached hydrogens (tertiary/aromatic N) is 2. The fourth-order valence-electron chi connectivity index (χ4n) is 2.14. The van der Waals surface area contributed by atoms with Gasteiger partial charge in [-0.3, -0.25) is 0 Å². The Morgan fingerprint density at radius 2 is 1.87 bits per heavy atom. The minimum Gasteiger partial charge on any atom is -0.484 e. The molecule has 3 aromatic rings. The maximum Gasteiger partial charge on any atom is 0.264 e. The molecule has 0 atom stereocenters. The first kappa shape index (κ1) is 13.6. The summed E-state index contributed by atoms with van der Waals surface area (Å²) in [6.45, 7) is 0.310. The van der Waals surface area contributed by atoms with Crippen molar-refractivity contribution in [1.82, 2.24) is 10.1 Å². The summed E-state index contributed by atoms with van der Waals surface area (Å²) in [5.41, 5.74) is 0.756. The lowest BCUT2D eigenvalue weighted by molar-refractivity contribution is 0.174. The third-order valence-electron chi connectivity index (χ3n) is 3.27. The van der Waals surface area contributed by atoms with Crippen LogP contribution in [0.3, 0.4) is 0 Å². The van der Waals surface area contributed by atoms with E-state index < -0.39 is 0 Å². The Bertz CT molecular complexity index is 832. The Hall–Kier alpha value is -3.09. The summed E-state index contributed by atoms with van der Waals surface area (Å²) in [6.07, 6.45) is 0. The number of ether oxygens (including phenoxy) is 3. The number of benzene rings is 2. The van der Waals surface area contributed by atoms with E-state index in [0.717, 1.165) is 5.56 Å². The Balaban J connectivity index is 1.47. The van der Waals surface area contributed by atoms with Crippen molar-refractivity contribution in [3.63, 3.8) is 0 Å². The molecule has 0 fully saturated rings. The molecule has 0 spiro atoms. The molecular weight excluding hydrogens is 303 g/mol. The first-order valence-corrected chi connectivity index (χ1v) is 6.89. The Kier molecular flexibility index (Phi) is 3.30. The SMILES string of the molecule is Fc1ccc(OCc2nc(-c3ccc4c(c3)OCO4)no2)cc1. The van der Waals surface area contributed by atoms with Gasteiger partial charge in [-0.05, 0) is 42.5 Å². The van der Waals surface area contributed by atoms with Crippen LogP contribution in [-0.4, -0.2) is 16.9 Å². The van der Waals surface area contributed by atoms with Crippen molar-refractivity contribution in [2.75, 3.05) is 6.79 Å². The highest BCUT2D eigenvalue weighted by atomic mass is 19.1. The van der Waals surface area contributed by atoms with E-state index in [9.17, 15) is 4.39 Å². The van der Waals surface area contributed by atoms with Crippen LogP contribution in [0, 0.1) is 5.82 Å². The summed E-state index contributed by atoms with van der Waals surface area (Å²) in [5.74, 6) is 2.30. The molecule has 0 aliphatic carbocycles. The minimum absolute atomic E-state index is 0.100. The fourth-order valence-corrected chi connectivity index (χ4v) is 2.14. The lowest BCUT2D eigenvalue weighted by atomic mass is 10.2. The Morgan fingerprint density at radius 1 is 1.04 bits per heavy atom. The summed E-state index contributed by atoms with van der Waals surface area (Å²) in [6, 6.07) is 11.1. The highest BCUT2D eigenvalue weighted by Gasteiger charge is 2.16. The van der Waals surface area contributed by atoms with Gasteiger partial charge < -0.3 is 18.7 Å². The highest BCUT2D eigenvalue weighted by Crippen LogP contribution is 2.35. The fraction of sp³-hybridized carbons (Fsp3) is 0.125. The summed E-state index contributed by atoms with van der Waals surface area (Å²) < 4.78 is 34.0. The number of halogens is 1. The van der Waals surface area contributed by atoms with Crippen molar-refractivity contribution in [2.24, 2.45) is 0 Å². The van der Waals surface area contributed by atoms with Gasteiger partial charge >= 0.3 is 0 Å². The predicted molar refractivity (Wildman–Crippen MR) is 76.6 cm³/mol. The standard InChI is InChI=1S/C16H11FN2O4/c17-11-2-4-12(5-3-11)20-8-15-18-16(19-23-15)10-1-6-13-14(7-10)22-9-21-13/h1-7H,8-9H2. The van der Waals surface area contributed by atoms with Gasteiger partial charge in [-0.15, -0.1) is 0 Å². The van der Waals surface area contributed by atoms with Crippen LogP contribution < -0.4 is 14.2 Å². The number of fused-ring (bicyclic) bond motifs is 1. The van der Waals surface area contributed by atoms with Crippen molar-refractivity contribution < 1.29 is 23.1 Å². The van der Waals surface area contributed by atoms with Gasteiger partial charge in [-0.1, -0.05) is 5.16 Å². The third kappa shape index (κ3) is 2.80. The molecule has 0 unspecified atom stereocenters. The van der Waals surface area contributed by atoms with E-state index in [2.05, 4.69) is 10.1 Å². The summed E-state index contributed by atoms with van der Waals surface area (Å²) in [5, 5.41) is 3.92. The van der Waals surface area contributed by atoms with Gasteiger partial charge in [0, 0.05) is 5.56 Å². The molecule has 7 heteroatoms. The quantitative estimate of drug-likeness (QED) is 0.737. The van der Waals surface area contributed by atoms with Gasteiger partial charge in [0.25, 0.3) is 5.89 Å². The first-order valence-electron chi connectivity index (χ1n) is 6.89. The lowest BCUT2D eigenvalue weighted by Gasteiger charge is -2.01. The number of rotatable bonds is 4. The van der Waals surface area contributed by atoms with Crippen molar-refractivity contribution in [2.45, 2.75) is 6.61 Å². The Morgan fingerprint density at radius 3 is 2.74 bits per heavy atom. The van der Waals surface area contributed by atoms with Crippen molar-refractivity contribution in [1.29, 1.82) is 0 Å². The smallest absolute Gasteiger partial charge is 0.264 e. The van der Waals surface area contributed by atoms with Crippen molar-refractivity contribution in [3.8, 4) is 28.6 Å². The van der Waals surface area contributed by atoms with Crippen molar-refractivity contribution in [3.05, 3.63) is 54.2 Å². The molecule has 116 valence electrons. The van der Waals surface area contributed by atoms with Gasteiger partial charge in [0.1, 0.15) is 11.6 Å². The van der Waals surface area contributed by atoms with E-state index in [-0.39, 0.29) is 19.2 Å². The highest BCUT2D eigenvalue weighted by molar-refractivity contribution is 5.61. The first-order chi connectivity index (χ1) is 11.3. The largest absolute Gasteiger partial charge is 0.484 e. The van der Waals surface area contributed by atoms with Gasteiger partial charge in [0.15, 0.2) is 18.1 Å². The van der Waals surface area contributed by atoms with Crippen LogP contribution in [0.15, 0.2) is 47.0 Å². The van der Waals surface area contributed by atoms with Crippen LogP contribution >= 0.6 is 0 Å². The monoisotopic (exact) mass is 314 g/mol. The Labute approximate surface area is 130 Å². The van der Waals surface area contributed by atoms with E-state index >= 15 is 0 Å². The number of hydrogen-bond acceptors (Lipinski definition) is 6. The summed E-state index contributed by atoms with van der Waals surface area (Å²) in [4.78, 5) is 4.27. The van der Waals surface area contributed by atoms with Crippen LogP contribution in [-0.2, 0) is 6.61 Å². The zero-order valence-electron chi connectivity index (χ0n) is 11.9. The van der Waals surface area contributed by atoms with E-state index in [1.807, 2.05) is 6.07 Å². The van der Waals surface area contributed by atoms with Crippen LogP contribution in [0.25, 0.3) is 11.4 Å². The molecule has 23 heavy (non-hydrogen) atoms. The molecule has 1 aliphatic heterocycles. The second-order valence-electron chi connectivity index (χ2n) is 4.82. The second-order valence-corrected chi connectivity index (χ2v) is 4.82. The van der Waals surface area contributed by atoms with E-state index in [1.165, 1.54) is 24.3 Å². The molecule has 1 aromatic heterocycles.